The number of ketones is 1. The van der Waals surface area contributed by atoms with Crippen molar-refractivity contribution in [3.8, 4) is 17.2 Å². The molecule has 0 radical (unpaired) electrons. The minimum absolute atomic E-state index is 0.00676. The smallest absolute Gasteiger partial charge is 0.295 e. The van der Waals surface area contributed by atoms with Crippen molar-refractivity contribution in [1.29, 1.82) is 0 Å². The number of phenols is 1. The molecule has 1 atom stereocenters. The Labute approximate surface area is 245 Å². The van der Waals surface area contributed by atoms with Crippen LogP contribution in [0.1, 0.15) is 34.7 Å². The van der Waals surface area contributed by atoms with Crippen LogP contribution < -0.4 is 9.47 Å². The molecule has 0 aliphatic carbocycles. The Morgan fingerprint density at radius 3 is 2.45 bits per heavy atom. The second kappa shape index (κ2) is 13.1. The first-order valence-electron chi connectivity index (χ1n) is 14.1. The standard InChI is InChI=1S/C33H36N2O7/c1-22-6-3-4-7-25(22)21-42-26-11-8-23(9-12-26)31(37)29-30(24-10-13-27(36)28(20-24)40-2)35(33(39)32(29)38)15-5-14-34-16-18-41-19-17-34/h3-4,6-13,20,30,36-37H,5,14-19,21H2,1-2H3/b31-29+/t30-/m1/s1. The van der Waals surface area contributed by atoms with Crippen LogP contribution >= 0.6 is 0 Å². The second-order valence-electron chi connectivity index (χ2n) is 10.5. The lowest BCUT2D eigenvalue weighted by Gasteiger charge is -2.29. The lowest BCUT2D eigenvalue weighted by atomic mass is 9.95. The maximum absolute atomic E-state index is 13.4. The molecule has 2 saturated heterocycles. The van der Waals surface area contributed by atoms with Gasteiger partial charge in [-0.05, 0) is 66.4 Å². The number of rotatable bonds is 10. The molecule has 3 aromatic rings. The van der Waals surface area contributed by atoms with E-state index < -0.39 is 17.7 Å². The molecule has 0 spiro atoms. The van der Waals surface area contributed by atoms with Crippen molar-refractivity contribution < 1.29 is 34.0 Å². The number of morpholine rings is 1. The number of aromatic hydroxyl groups is 1. The number of aliphatic hydroxyl groups is 1. The molecule has 0 saturated carbocycles. The number of phenolic OH excluding ortho intramolecular Hbond substituents is 1. The lowest BCUT2D eigenvalue weighted by Crippen LogP contribution is -2.38. The maximum atomic E-state index is 13.4. The number of hydrogen-bond donors (Lipinski definition) is 2. The zero-order valence-electron chi connectivity index (χ0n) is 23.9. The fourth-order valence-corrected chi connectivity index (χ4v) is 5.41. The Morgan fingerprint density at radius 1 is 1.00 bits per heavy atom. The van der Waals surface area contributed by atoms with Crippen molar-refractivity contribution >= 4 is 17.4 Å². The van der Waals surface area contributed by atoms with E-state index in [0.717, 1.165) is 30.8 Å². The van der Waals surface area contributed by atoms with Gasteiger partial charge in [-0.3, -0.25) is 14.5 Å². The van der Waals surface area contributed by atoms with E-state index in [1.807, 2.05) is 31.2 Å². The molecule has 2 aliphatic rings. The van der Waals surface area contributed by atoms with Crippen LogP contribution in [0.4, 0.5) is 0 Å². The number of nitrogens with zero attached hydrogens (tertiary/aromatic N) is 2. The average Bonchev–Trinajstić information content (AvgIpc) is 3.26. The van der Waals surface area contributed by atoms with Gasteiger partial charge in [0.1, 0.15) is 18.1 Å². The van der Waals surface area contributed by atoms with Gasteiger partial charge in [0.25, 0.3) is 11.7 Å². The Balaban J connectivity index is 1.42. The molecule has 9 nitrogen and oxygen atoms in total. The first-order valence-corrected chi connectivity index (χ1v) is 14.1. The van der Waals surface area contributed by atoms with Crippen molar-refractivity contribution in [3.63, 3.8) is 0 Å². The third-order valence-electron chi connectivity index (χ3n) is 7.82. The second-order valence-corrected chi connectivity index (χ2v) is 10.5. The Morgan fingerprint density at radius 2 is 1.74 bits per heavy atom. The third kappa shape index (κ3) is 6.27. The predicted octanol–water partition coefficient (Wildman–Crippen LogP) is 4.43. The molecule has 0 bridgehead atoms. The quantitative estimate of drug-likeness (QED) is 0.209. The first kappa shape index (κ1) is 29.2. The molecule has 2 heterocycles. The van der Waals surface area contributed by atoms with Gasteiger partial charge >= 0.3 is 0 Å². The summed E-state index contributed by atoms with van der Waals surface area (Å²) in [5.74, 6) is -0.942. The topological polar surface area (TPSA) is 109 Å². The van der Waals surface area contributed by atoms with Gasteiger partial charge < -0.3 is 29.3 Å². The summed E-state index contributed by atoms with van der Waals surface area (Å²) in [6.07, 6.45) is 0.645. The number of ether oxygens (including phenoxy) is 3. The number of aryl methyl sites for hydroxylation is 1. The van der Waals surface area contributed by atoms with E-state index in [9.17, 15) is 19.8 Å². The highest BCUT2D eigenvalue weighted by Crippen LogP contribution is 2.42. The molecular weight excluding hydrogens is 536 g/mol. The number of aliphatic hydroxyl groups excluding tert-OH is 1. The lowest BCUT2D eigenvalue weighted by molar-refractivity contribution is -0.140. The molecule has 9 heteroatoms. The highest BCUT2D eigenvalue weighted by Gasteiger charge is 2.46. The summed E-state index contributed by atoms with van der Waals surface area (Å²) in [7, 11) is 1.43. The van der Waals surface area contributed by atoms with E-state index in [2.05, 4.69) is 4.90 Å². The van der Waals surface area contributed by atoms with E-state index in [-0.39, 0.29) is 22.8 Å². The molecule has 3 aromatic carbocycles. The van der Waals surface area contributed by atoms with Crippen molar-refractivity contribution in [1.82, 2.24) is 9.80 Å². The van der Waals surface area contributed by atoms with Crippen molar-refractivity contribution in [2.24, 2.45) is 0 Å². The molecular formula is C33H36N2O7. The van der Waals surface area contributed by atoms with Crippen LogP contribution in [0.3, 0.4) is 0 Å². The fourth-order valence-electron chi connectivity index (χ4n) is 5.41. The van der Waals surface area contributed by atoms with Gasteiger partial charge in [-0.15, -0.1) is 0 Å². The van der Waals surface area contributed by atoms with Crippen LogP contribution in [0.25, 0.3) is 5.76 Å². The predicted molar refractivity (Wildman–Crippen MR) is 157 cm³/mol. The third-order valence-corrected chi connectivity index (χ3v) is 7.82. The van der Waals surface area contributed by atoms with Crippen LogP contribution in [0.15, 0.2) is 72.3 Å². The Kier molecular flexibility index (Phi) is 9.09. The van der Waals surface area contributed by atoms with Gasteiger partial charge in [0.2, 0.25) is 0 Å². The number of hydrogen-bond acceptors (Lipinski definition) is 8. The summed E-state index contributed by atoms with van der Waals surface area (Å²) in [4.78, 5) is 30.5. The van der Waals surface area contributed by atoms with Crippen molar-refractivity contribution in [2.45, 2.75) is 26.0 Å². The van der Waals surface area contributed by atoms with Gasteiger partial charge in [0, 0.05) is 31.7 Å². The first-order chi connectivity index (χ1) is 20.4. The molecule has 220 valence electrons. The van der Waals surface area contributed by atoms with Gasteiger partial charge in [0.15, 0.2) is 11.5 Å². The van der Waals surface area contributed by atoms with Crippen LogP contribution in [0, 0.1) is 6.92 Å². The van der Waals surface area contributed by atoms with Crippen LogP contribution in [0.2, 0.25) is 0 Å². The molecule has 2 N–H and O–H groups in total. The molecule has 5 rings (SSSR count). The normalized spacial score (nSPS) is 18.8. The SMILES string of the molecule is COc1cc([C@@H]2/C(=C(\O)c3ccc(OCc4ccccc4C)cc3)C(=O)C(=O)N2CCCN2CCOCC2)ccc1O. The van der Waals surface area contributed by atoms with Gasteiger partial charge in [-0.2, -0.15) is 0 Å². The van der Waals surface area contributed by atoms with E-state index in [1.54, 1.807) is 36.4 Å². The van der Waals surface area contributed by atoms with E-state index in [4.69, 9.17) is 14.2 Å². The molecule has 0 aromatic heterocycles. The van der Waals surface area contributed by atoms with Crippen molar-refractivity contribution in [2.75, 3.05) is 46.5 Å². The van der Waals surface area contributed by atoms with E-state index >= 15 is 0 Å². The summed E-state index contributed by atoms with van der Waals surface area (Å²) >= 11 is 0. The van der Waals surface area contributed by atoms with Crippen molar-refractivity contribution in [3.05, 3.63) is 94.6 Å². The molecule has 2 fully saturated rings. The monoisotopic (exact) mass is 572 g/mol. The maximum Gasteiger partial charge on any atom is 0.295 e. The summed E-state index contributed by atoms with van der Waals surface area (Å²) < 4.78 is 16.7. The Bertz CT molecular complexity index is 1460. The number of benzene rings is 3. The highest BCUT2D eigenvalue weighted by molar-refractivity contribution is 6.46. The number of likely N-dealkylation sites (tertiary alicyclic amines) is 1. The zero-order valence-corrected chi connectivity index (χ0v) is 23.9. The van der Waals surface area contributed by atoms with Gasteiger partial charge in [-0.25, -0.2) is 0 Å². The van der Waals surface area contributed by atoms with Crippen LogP contribution in [-0.2, 0) is 20.9 Å². The molecule has 2 aliphatic heterocycles. The Hall–Kier alpha value is -4.34. The van der Waals surface area contributed by atoms with Gasteiger partial charge in [0.05, 0.1) is 31.9 Å². The molecule has 1 amide bonds. The number of carbonyl (C=O) groups excluding carboxylic acids is 2. The number of amides is 1. The molecule has 0 unspecified atom stereocenters. The van der Waals surface area contributed by atoms with Gasteiger partial charge in [-0.1, -0.05) is 30.3 Å². The zero-order chi connectivity index (χ0) is 29.6. The summed E-state index contributed by atoms with van der Waals surface area (Å²) in [6.45, 7) is 6.49. The summed E-state index contributed by atoms with van der Waals surface area (Å²) in [6, 6.07) is 18.6. The number of carbonyl (C=O) groups is 2. The van der Waals surface area contributed by atoms with E-state index in [0.29, 0.717) is 49.7 Å². The minimum atomic E-state index is -0.846. The average molecular weight is 573 g/mol. The van der Waals surface area contributed by atoms with Crippen LogP contribution in [0.5, 0.6) is 17.2 Å². The highest BCUT2D eigenvalue weighted by atomic mass is 16.5. The number of methoxy groups -OCH3 is 1. The fraction of sp³-hybridized carbons (Fsp3) is 0.333. The summed E-state index contributed by atoms with van der Waals surface area (Å²) in [5.41, 5.74) is 3.14. The molecule has 42 heavy (non-hydrogen) atoms. The largest absolute Gasteiger partial charge is 0.507 e. The summed E-state index contributed by atoms with van der Waals surface area (Å²) in [5, 5.41) is 21.6. The number of Topliss-reactive ketones (excluding diaryl/α,β-unsaturated/α-hetero) is 1. The minimum Gasteiger partial charge on any atom is -0.507 e. The van der Waals surface area contributed by atoms with E-state index in [1.165, 1.54) is 18.1 Å². The van der Waals surface area contributed by atoms with Crippen LogP contribution in [-0.4, -0.2) is 78.2 Å².